The Hall–Kier alpha value is -4.52. The average Bonchev–Trinajstić information content (AvgIpc) is 3.58. The first kappa shape index (κ1) is 27.1. The number of nitrogens with one attached hydrogen (secondary N) is 4. The second-order valence-electron chi connectivity index (χ2n) is 7.78. The van der Waals surface area contributed by atoms with Crippen molar-refractivity contribution < 1.29 is 37.9 Å². The van der Waals surface area contributed by atoms with Gasteiger partial charge in [-0.25, -0.2) is 10.2 Å². The summed E-state index contributed by atoms with van der Waals surface area (Å²) in [6.45, 7) is 2.75. The van der Waals surface area contributed by atoms with Gasteiger partial charge < -0.3 is 29.8 Å². The van der Waals surface area contributed by atoms with Crippen LogP contribution in [0.5, 0.6) is 0 Å². The first-order valence-electron chi connectivity index (χ1n) is 11.5. The maximum absolute atomic E-state index is 12.1. The van der Waals surface area contributed by atoms with Crippen LogP contribution < -0.4 is 21.4 Å². The average molecular weight is 514 g/mol. The molecule has 1 aromatic heterocycles. The molecule has 13 nitrogen and oxygen atoms in total. The van der Waals surface area contributed by atoms with Crippen molar-refractivity contribution in [3.63, 3.8) is 0 Å². The summed E-state index contributed by atoms with van der Waals surface area (Å²) < 4.78 is 15.7. The van der Waals surface area contributed by atoms with Crippen LogP contribution in [0, 0.1) is 0 Å². The van der Waals surface area contributed by atoms with Crippen LogP contribution in [0.15, 0.2) is 45.9 Å². The SMILES string of the molecule is CCOC(=O)c1ccc(NC(=O)C(=O)NCc2ccc(/C=N/NC(=O)C(=O)NC[C@@H]3CCCO3)o2)cc1. The van der Waals surface area contributed by atoms with E-state index in [0.717, 1.165) is 12.8 Å². The van der Waals surface area contributed by atoms with E-state index in [1.54, 1.807) is 13.0 Å². The minimum atomic E-state index is -0.935. The van der Waals surface area contributed by atoms with Gasteiger partial charge in [-0.1, -0.05) is 0 Å². The van der Waals surface area contributed by atoms with E-state index < -0.39 is 29.6 Å². The van der Waals surface area contributed by atoms with Crippen molar-refractivity contribution in [3.8, 4) is 0 Å². The van der Waals surface area contributed by atoms with Gasteiger partial charge in [-0.15, -0.1) is 0 Å². The van der Waals surface area contributed by atoms with E-state index in [4.69, 9.17) is 13.9 Å². The Balaban J connectivity index is 1.38. The molecule has 0 unspecified atom stereocenters. The van der Waals surface area contributed by atoms with Gasteiger partial charge >= 0.3 is 29.6 Å². The van der Waals surface area contributed by atoms with Crippen LogP contribution in [0.4, 0.5) is 5.69 Å². The van der Waals surface area contributed by atoms with Crippen LogP contribution in [-0.4, -0.2) is 61.7 Å². The van der Waals surface area contributed by atoms with Gasteiger partial charge in [-0.2, -0.15) is 5.10 Å². The van der Waals surface area contributed by atoms with Crippen molar-refractivity contribution >= 4 is 41.5 Å². The van der Waals surface area contributed by atoms with Crippen molar-refractivity contribution in [2.24, 2.45) is 5.10 Å². The number of hydrogen-bond acceptors (Lipinski definition) is 9. The third-order valence-corrected chi connectivity index (χ3v) is 5.04. The van der Waals surface area contributed by atoms with Crippen LogP contribution in [-0.2, 0) is 35.2 Å². The smallest absolute Gasteiger partial charge is 0.338 e. The first-order valence-corrected chi connectivity index (χ1v) is 11.5. The van der Waals surface area contributed by atoms with Crippen molar-refractivity contribution in [2.75, 3.05) is 25.1 Å². The maximum atomic E-state index is 12.1. The van der Waals surface area contributed by atoms with E-state index in [0.29, 0.717) is 23.6 Å². The third-order valence-electron chi connectivity index (χ3n) is 5.04. The number of furan rings is 1. The number of nitrogens with zero attached hydrogens (tertiary/aromatic N) is 1. The number of esters is 1. The van der Waals surface area contributed by atoms with Crippen LogP contribution in [0.3, 0.4) is 0 Å². The molecule has 3 rings (SSSR count). The van der Waals surface area contributed by atoms with Gasteiger partial charge in [0, 0.05) is 18.8 Å². The summed E-state index contributed by atoms with van der Waals surface area (Å²) in [6.07, 6.45) is 2.85. The van der Waals surface area contributed by atoms with Crippen LogP contribution in [0.25, 0.3) is 0 Å². The first-order chi connectivity index (χ1) is 17.9. The molecule has 0 bridgehead atoms. The Morgan fingerprint density at radius 2 is 1.76 bits per heavy atom. The number of hydrogen-bond donors (Lipinski definition) is 4. The number of rotatable bonds is 9. The lowest BCUT2D eigenvalue weighted by Crippen LogP contribution is -2.41. The zero-order chi connectivity index (χ0) is 26.6. The Kier molecular flexibility index (Phi) is 9.91. The van der Waals surface area contributed by atoms with Crippen LogP contribution in [0.2, 0.25) is 0 Å². The topological polar surface area (TPSA) is 177 Å². The Morgan fingerprint density at radius 3 is 2.46 bits per heavy atom. The minimum Gasteiger partial charge on any atom is -0.462 e. The Morgan fingerprint density at radius 1 is 1.00 bits per heavy atom. The summed E-state index contributed by atoms with van der Waals surface area (Å²) in [4.78, 5) is 59.4. The lowest BCUT2D eigenvalue weighted by molar-refractivity contribution is -0.139. The molecule has 4 N–H and O–H groups in total. The zero-order valence-corrected chi connectivity index (χ0v) is 20.1. The van der Waals surface area contributed by atoms with E-state index in [-0.39, 0.29) is 31.6 Å². The third kappa shape index (κ3) is 8.58. The summed E-state index contributed by atoms with van der Waals surface area (Å²) in [6, 6.07) is 8.96. The molecular weight excluding hydrogens is 486 g/mol. The van der Waals surface area contributed by atoms with E-state index in [1.165, 1.54) is 36.5 Å². The predicted molar refractivity (Wildman–Crippen MR) is 129 cm³/mol. The predicted octanol–water partition coefficient (Wildman–Crippen LogP) is 0.457. The summed E-state index contributed by atoms with van der Waals surface area (Å²) in [5.41, 5.74) is 2.73. The van der Waals surface area contributed by atoms with E-state index >= 15 is 0 Å². The number of anilines is 1. The standard InChI is InChI=1S/C24H27N5O8/c1-2-35-24(34)15-5-7-16(8-6-15)28-22(32)20(30)26-13-18-9-10-19(37-18)14-27-29-23(33)21(31)25-12-17-4-3-11-36-17/h5-10,14,17H,2-4,11-13H2,1H3,(H,25,31)(H,26,30)(H,28,32)(H,29,33)/b27-14+/t17-/m0/s1. The molecular formula is C24H27N5O8. The van der Waals surface area contributed by atoms with E-state index in [1.807, 2.05) is 0 Å². The fraction of sp³-hybridized carbons (Fsp3) is 0.333. The number of carbonyl (C=O) groups excluding carboxylic acids is 5. The lowest BCUT2D eigenvalue weighted by atomic mass is 10.2. The molecule has 1 saturated heterocycles. The highest BCUT2D eigenvalue weighted by Gasteiger charge is 2.19. The number of carbonyl (C=O) groups is 5. The van der Waals surface area contributed by atoms with Crippen LogP contribution >= 0.6 is 0 Å². The van der Waals surface area contributed by atoms with Gasteiger partial charge in [-0.3, -0.25) is 19.2 Å². The molecule has 0 spiro atoms. The summed E-state index contributed by atoms with van der Waals surface area (Å²) in [7, 11) is 0. The number of ether oxygens (including phenoxy) is 2. The van der Waals surface area contributed by atoms with Gasteiger partial charge in [0.25, 0.3) is 0 Å². The van der Waals surface area contributed by atoms with Gasteiger partial charge in [0.2, 0.25) is 0 Å². The molecule has 0 saturated carbocycles. The van der Waals surface area contributed by atoms with Crippen molar-refractivity contribution in [2.45, 2.75) is 32.4 Å². The highest BCUT2D eigenvalue weighted by molar-refractivity contribution is 6.39. The molecule has 4 amide bonds. The molecule has 0 aliphatic carbocycles. The largest absolute Gasteiger partial charge is 0.462 e. The zero-order valence-electron chi connectivity index (χ0n) is 20.1. The fourth-order valence-electron chi connectivity index (χ4n) is 3.20. The van der Waals surface area contributed by atoms with Crippen molar-refractivity contribution in [1.82, 2.24) is 16.1 Å². The highest BCUT2D eigenvalue weighted by atomic mass is 16.5. The van der Waals surface area contributed by atoms with Gasteiger partial charge in [0.05, 0.1) is 31.0 Å². The molecule has 2 aromatic rings. The maximum Gasteiger partial charge on any atom is 0.338 e. The number of hydrazone groups is 1. The molecule has 1 aliphatic rings. The molecule has 1 fully saturated rings. The molecule has 2 heterocycles. The van der Waals surface area contributed by atoms with Crippen LogP contribution in [0.1, 0.15) is 41.6 Å². The quantitative estimate of drug-likeness (QED) is 0.162. The van der Waals surface area contributed by atoms with Gasteiger partial charge in [0.15, 0.2) is 0 Å². The summed E-state index contributed by atoms with van der Waals surface area (Å²) in [5, 5.41) is 11.0. The normalized spacial score (nSPS) is 14.7. The Bertz CT molecular complexity index is 1150. The lowest BCUT2D eigenvalue weighted by Gasteiger charge is -2.09. The monoisotopic (exact) mass is 513 g/mol. The number of benzene rings is 1. The van der Waals surface area contributed by atoms with E-state index in [9.17, 15) is 24.0 Å². The van der Waals surface area contributed by atoms with Crippen molar-refractivity contribution in [3.05, 3.63) is 53.5 Å². The minimum absolute atomic E-state index is 0.0834. The summed E-state index contributed by atoms with van der Waals surface area (Å²) >= 11 is 0. The second-order valence-corrected chi connectivity index (χ2v) is 7.78. The Labute approximate surface area is 211 Å². The molecule has 196 valence electrons. The molecule has 1 aliphatic heterocycles. The van der Waals surface area contributed by atoms with E-state index in [2.05, 4.69) is 26.5 Å². The molecule has 1 aromatic carbocycles. The second kappa shape index (κ2) is 13.5. The molecule has 0 radical (unpaired) electrons. The molecule has 1 atom stereocenters. The number of amides is 4. The summed E-state index contributed by atoms with van der Waals surface area (Å²) in [5.74, 6) is -3.49. The molecule has 13 heteroatoms. The molecule has 37 heavy (non-hydrogen) atoms. The fourth-order valence-corrected chi connectivity index (χ4v) is 3.20. The van der Waals surface area contributed by atoms with Gasteiger partial charge in [-0.05, 0) is 56.2 Å². The van der Waals surface area contributed by atoms with Crippen molar-refractivity contribution in [1.29, 1.82) is 0 Å². The van der Waals surface area contributed by atoms with Gasteiger partial charge in [0.1, 0.15) is 11.5 Å². The highest BCUT2D eigenvalue weighted by Crippen LogP contribution is 2.11.